The number of piperazine rings is 1. The number of carbonyl (C=O) groups excluding carboxylic acids is 1. The minimum Gasteiger partial charge on any atom is -0.492 e. The number of amides is 1. The molecule has 2 aliphatic heterocycles. The fraction of sp³-hybridized carbons (Fsp3) is 0.588. The van der Waals surface area contributed by atoms with Crippen molar-refractivity contribution >= 4 is 11.6 Å². The lowest BCUT2D eigenvalue weighted by Crippen LogP contribution is -2.55. The molecule has 1 amide bonds. The monoisotopic (exact) mass is 319 g/mol. The number of hydrogen-bond acceptors (Lipinski definition) is 5. The van der Waals surface area contributed by atoms with Gasteiger partial charge in [0.25, 0.3) is 5.91 Å². The number of nitrogens with zero attached hydrogens (tertiary/aromatic N) is 2. The van der Waals surface area contributed by atoms with Crippen molar-refractivity contribution < 1.29 is 14.3 Å². The number of para-hydroxylation sites is 2. The van der Waals surface area contributed by atoms with Gasteiger partial charge in [0.05, 0.1) is 18.9 Å². The predicted molar refractivity (Wildman–Crippen MR) is 89.0 cm³/mol. The first-order valence-electron chi connectivity index (χ1n) is 8.37. The molecule has 0 aliphatic carbocycles. The van der Waals surface area contributed by atoms with E-state index in [4.69, 9.17) is 9.47 Å². The minimum atomic E-state index is -0.328. The molecule has 1 atom stereocenters. The second kappa shape index (κ2) is 7.66. The van der Waals surface area contributed by atoms with E-state index in [1.165, 1.54) is 0 Å². The Morgan fingerprint density at radius 3 is 2.78 bits per heavy atom. The number of ether oxygens (including phenoxy) is 2. The minimum absolute atomic E-state index is 0.106. The molecular formula is C17H25N3O3. The van der Waals surface area contributed by atoms with Gasteiger partial charge in [-0.1, -0.05) is 12.1 Å². The lowest BCUT2D eigenvalue weighted by molar-refractivity contribution is -0.145. The summed E-state index contributed by atoms with van der Waals surface area (Å²) in [4.78, 5) is 16.7. The lowest BCUT2D eigenvalue weighted by atomic mass is 10.2. The quantitative estimate of drug-likeness (QED) is 0.886. The van der Waals surface area contributed by atoms with E-state index in [0.717, 1.165) is 44.2 Å². The van der Waals surface area contributed by atoms with E-state index in [2.05, 4.69) is 16.3 Å². The van der Waals surface area contributed by atoms with Gasteiger partial charge in [-0.2, -0.15) is 0 Å². The van der Waals surface area contributed by atoms with Crippen molar-refractivity contribution in [1.29, 1.82) is 0 Å². The first-order valence-corrected chi connectivity index (χ1v) is 8.37. The molecule has 0 bridgehead atoms. The summed E-state index contributed by atoms with van der Waals surface area (Å²) in [5.74, 6) is 1.02. The molecular weight excluding hydrogens is 294 g/mol. The number of nitrogens with one attached hydrogen (secondary N) is 1. The molecule has 0 aromatic heterocycles. The molecule has 23 heavy (non-hydrogen) atoms. The van der Waals surface area contributed by atoms with Crippen molar-refractivity contribution in [3.05, 3.63) is 24.3 Å². The Labute approximate surface area is 137 Å². The van der Waals surface area contributed by atoms with Gasteiger partial charge in [0, 0.05) is 39.3 Å². The van der Waals surface area contributed by atoms with Gasteiger partial charge in [0.2, 0.25) is 0 Å². The first-order chi connectivity index (χ1) is 11.3. The van der Waals surface area contributed by atoms with Crippen molar-refractivity contribution in [1.82, 2.24) is 10.2 Å². The summed E-state index contributed by atoms with van der Waals surface area (Å²) in [7, 11) is 0. The Hall–Kier alpha value is -1.79. The highest BCUT2D eigenvalue weighted by atomic mass is 16.5. The zero-order chi connectivity index (χ0) is 16.1. The van der Waals surface area contributed by atoms with E-state index in [0.29, 0.717) is 19.8 Å². The van der Waals surface area contributed by atoms with Gasteiger partial charge in [-0.3, -0.25) is 4.79 Å². The van der Waals surface area contributed by atoms with Crippen LogP contribution >= 0.6 is 0 Å². The van der Waals surface area contributed by atoms with Crippen LogP contribution in [0.15, 0.2) is 24.3 Å². The van der Waals surface area contributed by atoms with Gasteiger partial charge in [0.15, 0.2) is 0 Å². The summed E-state index contributed by atoms with van der Waals surface area (Å²) >= 11 is 0. The molecule has 6 heteroatoms. The number of hydrogen-bond donors (Lipinski definition) is 1. The second-order valence-corrected chi connectivity index (χ2v) is 5.78. The van der Waals surface area contributed by atoms with Crippen LogP contribution in [0.5, 0.6) is 5.75 Å². The molecule has 2 heterocycles. The topological polar surface area (TPSA) is 54.0 Å². The fourth-order valence-corrected chi connectivity index (χ4v) is 3.09. The van der Waals surface area contributed by atoms with E-state index in [1.54, 1.807) is 0 Å². The number of morpholine rings is 1. The van der Waals surface area contributed by atoms with Gasteiger partial charge in [-0.25, -0.2) is 0 Å². The van der Waals surface area contributed by atoms with Crippen LogP contribution in [-0.2, 0) is 9.53 Å². The van der Waals surface area contributed by atoms with Crippen LogP contribution in [0.25, 0.3) is 0 Å². The standard InChI is InChI=1S/C17H25N3O3/c1-2-22-15-6-4-3-5-14(15)19-8-10-20(11-9-19)17(21)16-13-18-7-12-23-16/h3-6,16,18H,2,7-13H2,1H3. The Kier molecular flexibility index (Phi) is 5.35. The fourth-order valence-electron chi connectivity index (χ4n) is 3.09. The van der Waals surface area contributed by atoms with E-state index >= 15 is 0 Å². The Morgan fingerprint density at radius 2 is 2.09 bits per heavy atom. The normalized spacial score (nSPS) is 22.0. The van der Waals surface area contributed by atoms with Gasteiger partial charge in [0.1, 0.15) is 11.9 Å². The van der Waals surface area contributed by atoms with Crippen molar-refractivity contribution in [3.63, 3.8) is 0 Å². The summed E-state index contributed by atoms with van der Waals surface area (Å²) in [5.41, 5.74) is 1.11. The molecule has 0 saturated carbocycles. The van der Waals surface area contributed by atoms with Crippen LogP contribution in [0.3, 0.4) is 0 Å². The maximum Gasteiger partial charge on any atom is 0.253 e. The molecule has 1 aromatic rings. The van der Waals surface area contributed by atoms with E-state index in [9.17, 15) is 4.79 Å². The third kappa shape index (κ3) is 3.76. The summed E-state index contributed by atoms with van der Waals surface area (Å²) < 4.78 is 11.3. The Morgan fingerprint density at radius 1 is 1.30 bits per heavy atom. The average molecular weight is 319 g/mol. The molecule has 2 saturated heterocycles. The van der Waals surface area contributed by atoms with Crippen LogP contribution < -0.4 is 15.0 Å². The molecule has 1 unspecified atom stereocenters. The van der Waals surface area contributed by atoms with Gasteiger partial charge < -0.3 is 24.6 Å². The van der Waals surface area contributed by atoms with Crippen LogP contribution in [0.2, 0.25) is 0 Å². The Balaban J connectivity index is 1.59. The summed E-state index contributed by atoms with van der Waals surface area (Å²) in [6.07, 6.45) is -0.328. The first kappa shape index (κ1) is 16.1. The molecule has 3 rings (SSSR count). The summed E-state index contributed by atoms with van der Waals surface area (Å²) in [5, 5.41) is 3.21. The molecule has 6 nitrogen and oxygen atoms in total. The summed E-state index contributed by atoms with van der Waals surface area (Å²) in [6.45, 7) is 7.77. The maximum absolute atomic E-state index is 12.5. The molecule has 2 aliphatic rings. The van der Waals surface area contributed by atoms with E-state index in [-0.39, 0.29) is 12.0 Å². The summed E-state index contributed by atoms with van der Waals surface area (Å²) in [6, 6.07) is 8.09. The van der Waals surface area contributed by atoms with E-state index in [1.807, 2.05) is 30.0 Å². The molecule has 126 valence electrons. The number of benzene rings is 1. The zero-order valence-corrected chi connectivity index (χ0v) is 13.7. The highest BCUT2D eigenvalue weighted by Crippen LogP contribution is 2.28. The third-order valence-electron chi connectivity index (χ3n) is 4.30. The van der Waals surface area contributed by atoms with Gasteiger partial charge in [-0.05, 0) is 19.1 Å². The van der Waals surface area contributed by atoms with E-state index < -0.39 is 0 Å². The smallest absolute Gasteiger partial charge is 0.253 e. The predicted octanol–water partition coefficient (Wildman–Crippen LogP) is 0.722. The van der Waals surface area contributed by atoms with Crippen molar-refractivity contribution in [3.8, 4) is 5.75 Å². The molecule has 0 spiro atoms. The number of anilines is 1. The van der Waals surface area contributed by atoms with Crippen molar-refractivity contribution in [2.75, 3.05) is 57.4 Å². The highest BCUT2D eigenvalue weighted by molar-refractivity contribution is 5.81. The largest absolute Gasteiger partial charge is 0.492 e. The van der Waals surface area contributed by atoms with Crippen LogP contribution in [0.4, 0.5) is 5.69 Å². The second-order valence-electron chi connectivity index (χ2n) is 5.78. The van der Waals surface area contributed by atoms with Crippen LogP contribution in [-0.4, -0.2) is 69.4 Å². The number of rotatable bonds is 4. The highest BCUT2D eigenvalue weighted by Gasteiger charge is 2.29. The van der Waals surface area contributed by atoms with Crippen LogP contribution in [0, 0.1) is 0 Å². The molecule has 1 aromatic carbocycles. The third-order valence-corrected chi connectivity index (χ3v) is 4.30. The molecule has 1 N–H and O–H groups in total. The van der Waals surface area contributed by atoms with Crippen molar-refractivity contribution in [2.24, 2.45) is 0 Å². The van der Waals surface area contributed by atoms with Crippen molar-refractivity contribution in [2.45, 2.75) is 13.0 Å². The van der Waals surface area contributed by atoms with Gasteiger partial charge in [-0.15, -0.1) is 0 Å². The van der Waals surface area contributed by atoms with Crippen LogP contribution in [0.1, 0.15) is 6.92 Å². The number of carbonyl (C=O) groups is 1. The lowest BCUT2D eigenvalue weighted by Gasteiger charge is -2.38. The SMILES string of the molecule is CCOc1ccccc1N1CCN(C(=O)C2CNCCO2)CC1. The molecule has 0 radical (unpaired) electrons. The average Bonchev–Trinajstić information content (AvgIpc) is 2.63. The molecule has 2 fully saturated rings. The van der Waals surface area contributed by atoms with Gasteiger partial charge >= 0.3 is 0 Å². The zero-order valence-electron chi connectivity index (χ0n) is 13.7. The maximum atomic E-state index is 12.5. The Bertz CT molecular complexity index is 524.